The normalized spacial score (nSPS) is 10.7. The molecule has 0 spiro atoms. The van der Waals surface area contributed by atoms with Crippen LogP contribution < -0.4 is 11.1 Å². The molecule has 1 heterocycles. The molecule has 0 aliphatic heterocycles. The summed E-state index contributed by atoms with van der Waals surface area (Å²) >= 11 is 7.08. The molecule has 3 aromatic rings. The summed E-state index contributed by atoms with van der Waals surface area (Å²) in [6.07, 6.45) is 0. The summed E-state index contributed by atoms with van der Waals surface area (Å²) in [4.78, 5) is 4.50. The Morgan fingerprint density at radius 3 is 2.85 bits per heavy atom. The zero-order chi connectivity index (χ0) is 14.1. The quantitative estimate of drug-likeness (QED) is 0.511. The number of nitrogens with one attached hydrogen (secondary N) is 1. The summed E-state index contributed by atoms with van der Waals surface area (Å²) < 4.78 is 6.90. The number of rotatable bonds is 2. The number of fused-ring (bicyclic) bond motifs is 1. The molecular formula is C14H10IN3OS. The van der Waals surface area contributed by atoms with Gasteiger partial charge in [-0.05, 0) is 71.2 Å². The van der Waals surface area contributed by atoms with Crippen LogP contribution in [0.4, 0.5) is 5.69 Å². The van der Waals surface area contributed by atoms with Crippen LogP contribution in [-0.4, -0.2) is 10.1 Å². The topological polar surface area (TPSA) is 64.1 Å². The second-order valence-corrected chi connectivity index (χ2v) is 5.89. The Labute approximate surface area is 134 Å². The molecule has 3 rings (SSSR count). The first-order valence-corrected chi connectivity index (χ1v) is 7.33. The lowest BCUT2D eigenvalue weighted by Crippen LogP contribution is -2.18. The lowest BCUT2D eigenvalue weighted by atomic mass is 10.2. The lowest BCUT2D eigenvalue weighted by Gasteiger charge is -2.01. The van der Waals surface area contributed by atoms with Gasteiger partial charge in [0.15, 0.2) is 10.7 Å². The van der Waals surface area contributed by atoms with Crippen LogP contribution >= 0.6 is 34.8 Å². The van der Waals surface area contributed by atoms with Crippen LogP contribution in [0.25, 0.3) is 22.6 Å². The predicted molar refractivity (Wildman–Crippen MR) is 92.6 cm³/mol. The van der Waals surface area contributed by atoms with E-state index in [9.17, 15) is 0 Å². The van der Waals surface area contributed by atoms with Gasteiger partial charge >= 0.3 is 0 Å². The second-order valence-electron chi connectivity index (χ2n) is 4.20. The zero-order valence-electron chi connectivity index (χ0n) is 10.3. The molecule has 0 saturated heterocycles. The van der Waals surface area contributed by atoms with Crippen LogP contribution in [0.5, 0.6) is 0 Å². The molecular weight excluding hydrogens is 385 g/mol. The first-order valence-electron chi connectivity index (χ1n) is 5.85. The van der Waals surface area contributed by atoms with Gasteiger partial charge in [0, 0.05) is 14.8 Å². The fraction of sp³-hybridized carbons (Fsp3) is 0. The van der Waals surface area contributed by atoms with Gasteiger partial charge in [0.25, 0.3) is 0 Å². The van der Waals surface area contributed by atoms with Crippen LogP contribution in [0, 0.1) is 3.57 Å². The van der Waals surface area contributed by atoms with Gasteiger partial charge in [0.05, 0.1) is 0 Å². The van der Waals surface area contributed by atoms with Gasteiger partial charge in [0.2, 0.25) is 5.89 Å². The molecule has 2 aromatic carbocycles. The minimum absolute atomic E-state index is 0.227. The highest BCUT2D eigenvalue weighted by atomic mass is 127. The summed E-state index contributed by atoms with van der Waals surface area (Å²) in [5, 5.41) is 3.11. The number of benzene rings is 2. The molecule has 20 heavy (non-hydrogen) atoms. The maximum Gasteiger partial charge on any atom is 0.227 e. The number of halogens is 1. The molecule has 6 heteroatoms. The molecule has 0 radical (unpaired) electrons. The summed E-state index contributed by atoms with van der Waals surface area (Å²) in [7, 11) is 0. The van der Waals surface area contributed by atoms with Crippen LogP contribution in [0.3, 0.4) is 0 Å². The van der Waals surface area contributed by atoms with E-state index in [4.69, 9.17) is 22.4 Å². The van der Waals surface area contributed by atoms with Crippen molar-refractivity contribution in [3.05, 3.63) is 46.0 Å². The number of nitrogens with zero attached hydrogens (tertiary/aromatic N) is 1. The number of oxazole rings is 1. The van der Waals surface area contributed by atoms with Gasteiger partial charge in [-0.15, -0.1) is 0 Å². The number of thiocarbonyl (C=S) groups is 1. The highest BCUT2D eigenvalue weighted by molar-refractivity contribution is 14.1. The monoisotopic (exact) mass is 395 g/mol. The number of hydrogen-bond acceptors (Lipinski definition) is 3. The first kappa shape index (κ1) is 13.3. The molecule has 0 fully saturated rings. The fourth-order valence-corrected chi connectivity index (χ4v) is 2.55. The fourth-order valence-electron chi connectivity index (χ4n) is 1.89. The van der Waals surface area contributed by atoms with Gasteiger partial charge in [-0.2, -0.15) is 0 Å². The van der Waals surface area contributed by atoms with Gasteiger partial charge in [-0.3, -0.25) is 0 Å². The van der Waals surface area contributed by atoms with Crippen molar-refractivity contribution in [3.8, 4) is 11.5 Å². The van der Waals surface area contributed by atoms with E-state index in [1.54, 1.807) is 0 Å². The largest absolute Gasteiger partial charge is 0.436 e. The van der Waals surface area contributed by atoms with Crippen LogP contribution in [-0.2, 0) is 0 Å². The molecule has 4 nitrogen and oxygen atoms in total. The molecule has 0 bridgehead atoms. The average Bonchev–Trinajstić information content (AvgIpc) is 2.81. The van der Waals surface area contributed by atoms with Crippen LogP contribution in [0.2, 0.25) is 0 Å². The van der Waals surface area contributed by atoms with Crippen LogP contribution in [0.15, 0.2) is 46.9 Å². The van der Waals surface area contributed by atoms with Crippen molar-refractivity contribution in [2.45, 2.75) is 0 Å². The van der Waals surface area contributed by atoms with Crippen molar-refractivity contribution >= 4 is 56.7 Å². The summed E-state index contributed by atoms with van der Waals surface area (Å²) in [6, 6.07) is 13.6. The van der Waals surface area contributed by atoms with E-state index >= 15 is 0 Å². The molecule has 0 atom stereocenters. The first-order chi connectivity index (χ1) is 9.61. The number of anilines is 1. The van der Waals surface area contributed by atoms with E-state index in [0.717, 1.165) is 25.9 Å². The molecule has 3 N–H and O–H groups in total. The van der Waals surface area contributed by atoms with Gasteiger partial charge in [-0.1, -0.05) is 6.07 Å². The smallest absolute Gasteiger partial charge is 0.227 e. The van der Waals surface area contributed by atoms with E-state index < -0.39 is 0 Å². The molecule has 100 valence electrons. The summed E-state index contributed by atoms with van der Waals surface area (Å²) in [6.45, 7) is 0. The van der Waals surface area contributed by atoms with Crippen molar-refractivity contribution in [2.24, 2.45) is 5.73 Å². The third-order valence-electron chi connectivity index (χ3n) is 2.73. The highest BCUT2D eigenvalue weighted by Crippen LogP contribution is 2.26. The standard InChI is InChI=1S/C14H10IN3OS/c15-9-3-1-2-8(6-9)13-18-11-7-10(17-14(16)20)4-5-12(11)19-13/h1-7H,(H3,16,17,20). The van der Waals surface area contributed by atoms with Gasteiger partial charge in [0.1, 0.15) is 5.52 Å². The van der Waals surface area contributed by atoms with E-state index in [-0.39, 0.29) is 5.11 Å². The number of hydrogen-bond donors (Lipinski definition) is 2. The third-order valence-corrected chi connectivity index (χ3v) is 3.50. The Hall–Kier alpha value is -1.67. The summed E-state index contributed by atoms with van der Waals surface area (Å²) in [5.41, 5.74) is 8.70. The second kappa shape index (κ2) is 5.37. The van der Waals surface area contributed by atoms with Crippen LogP contribution in [0.1, 0.15) is 0 Å². The Balaban J connectivity index is 2.04. The third kappa shape index (κ3) is 2.75. The molecule has 0 saturated carbocycles. The molecule has 0 aliphatic rings. The molecule has 1 aromatic heterocycles. The average molecular weight is 395 g/mol. The molecule has 0 aliphatic carbocycles. The number of nitrogens with two attached hydrogens (primary N) is 1. The SMILES string of the molecule is NC(=S)Nc1ccc2oc(-c3cccc(I)c3)nc2c1. The number of aromatic nitrogens is 1. The van der Waals surface area contributed by atoms with Crippen molar-refractivity contribution in [1.82, 2.24) is 4.98 Å². The minimum Gasteiger partial charge on any atom is -0.436 e. The van der Waals surface area contributed by atoms with Crippen molar-refractivity contribution in [1.29, 1.82) is 0 Å². The van der Waals surface area contributed by atoms with E-state index in [2.05, 4.69) is 32.9 Å². The van der Waals surface area contributed by atoms with E-state index in [1.165, 1.54) is 0 Å². The van der Waals surface area contributed by atoms with Gasteiger partial charge < -0.3 is 15.5 Å². The zero-order valence-corrected chi connectivity index (χ0v) is 13.2. The maximum atomic E-state index is 5.76. The van der Waals surface area contributed by atoms with Crippen molar-refractivity contribution < 1.29 is 4.42 Å². The van der Waals surface area contributed by atoms with E-state index in [0.29, 0.717) is 5.89 Å². The Morgan fingerprint density at radius 2 is 2.10 bits per heavy atom. The Kier molecular flexibility index (Phi) is 3.58. The van der Waals surface area contributed by atoms with Gasteiger partial charge in [-0.25, -0.2) is 4.98 Å². The lowest BCUT2D eigenvalue weighted by molar-refractivity contribution is 0.620. The van der Waals surface area contributed by atoms with Crippen molar-refractivity contribution in [2.75, 3.05) is 5.32 Å². The highest BCUT2D eigenvalue weighted by Gasteiger charge is 2.09. The minimum atomic E-state index is 0.227. The Morgan fingerprint density at radius 1 is 1.25 bits per heavy atom. The van der Waals surface area contributed by atoms with Crippen molar-refractivity contribution in [3.63, 3.8) is 0 Å². The molecule has 0 unspecified atom stereocenters. The molecule has 0 amide bonds. The maximum absolute atomic E-state index is 5.76. The predicted octanol–water partition coefficient (Wildman–Crippen LogP) is 3.75. The van der Waals surface area contributed by atoms with E-state index in [1.807, 2.05) is 42.5 Å². The summed E-state index contributed by atoms with van der Waals surface area (Å²) in [5.74, 6) is 0.603. The Bertz CT molecular complexity index is 800.